The number of hydrogen-bond acceptors (Lipinski definition) is 3. The van der Waals surface area contributed by atoms with Crippen molar-refractivity contribution in [2.75, 3.05) is 25.0 Å². The highest BCUT2D eigenvalue weighted by Crippen LogP contribution is 2.21. The van der Waals surface area contributed by atoms with Crippen LogP contribution in [0.3, 0.4) is 0 Å². The molecule has 1 saturated heterocycles. The molecule has 1 heterocycles. The topological polar surface area (TPSA) is 78.5 Å². The zero-order valence-corrected chi connectivity index (χ0v) is 18.5. The highest BCUT2D eigenvalue weighted by molar-refractivity contribution is 6.34. The summed E-state index contributed by atoms with van der Waals surface area (Å²) in [5, 5.41) is 6.14. The second-order valence-electron chi connectivity index (χ2n) is 7.75. The minimum atomic E-state index is -0.308. The van der Waals surface area contributed by atoms with Crippen LogP contribution in [-0.4, -0.2) is 42.3 Å². The number of piperidine rings is 1. The summed E-state index contributed by atoms with van der Waals surface area (Å²) >= 11 is 6.07. The van der Waals surface area contributed by atoms with Gasteiger partial charge in [-0.1, -0.05) is 37.1 Å². The summed E-state index contributed by atoms with van der Waals surface area (Å²) in [5.74, 6) is -0.542. The van der Waals surface area contributed by atoms with Gasteiger partial charge in [-0.15, -0.1) is 0 Å². The van der Waals surface area contributed by atoms with E-state index in [2.05, 4.69) is 17.6 Å². The Kier molecular flexibility index (Phi) is 8.06. The third-order valence-corrected chi connectivity index (χ3v) is 5.75. The number of anilines is 1. The molecule has 2 aromatic carbocycles. The molecule has 3 rings (SSSR count). The summed E-state index contributed by atoms with van der Waals surface area (Å²) in [4.78, 5) is 39.4. The van der Waals surface area contributed by atoms with E-state index in [1.54, 1.807) is 53.4 Å². The van der Waals surface area contributed by atoms with E-state index in [4.69, 9.17) is 11.6 Å². The maximum absolute atomic E-state index is 12.9. The minimum absolute atomic E-state index is 0.0311. The van der Waals surface area contributed by atoms with Gasteiger partial charge in [0.1, 0.15) is 0 Å². The van der Waals surface area contributed by atoms with E-state index < -0.39 is 0 Å². The summed E-state index contributed by atoms with van der Waals surface area (Å²) in [7, 11) is 0. The standard InChI is InChI=1S/C24H28ClN3O3/c1-2-3-14-26-22(29)18-7-6-15-28(16-18)24(31)17-10-12-19(13-11-17)27-23(30)20-8-4-5-9-21(20)25/h4-5,8-13,18H,2-3,6-7,14-16H2,1H3,(H,26,29)(H,27,30)/t18-/m0/s1. The van der Waals surface area contributed by atoms with Crippen molar-refractivity contribution in [1.82, 2.24) is 10.2 Å². The maximum Gasteiger partial charge on any atom is 0.257 e. The predicted molar refractivity (Wildman–Crippen MR) is 122 cm³/mol. The van der Waals surface area contributed by atoms with Crippen LogP contribution in [0.15, 0.2) is 48.5 Å². The summed E-state index contributed by atoms with van der Waals surface area (Å²) in [6.45, 7) is 3.84. The second kappa shape index (κ2) is 11.0. The van der Waals surface area contributed by atoms with Gasteiger partial charge in [0.25, 0.3) is 11.8 Å². The molecule has 2 N–H and O–H groups in total. The minimum Gasteiger partial charge on any atom is -0.356 e. The number of nitrogens with zero attached hydrogens (tertiary/aromatic N) is 1. The largest absolute Gasteiger partial charge is 0.356 e. The van der Waals surface area contributed by atoms with Crippen LogP contribution in [0.25, 0.3) is 0 Å². The normalized spacial score (nSPS) is 15.9. The van der Waals surface area contributed by atoms with Gasteiger partial charge in [-0.2, -0.15) is 0 Å². The number of unbranched alkanes of at least 4 members (excludes halogenated alkanes) is 1. The van der Waals surface area contributed by atoms with Gasteiger partial charge in [0.2, 0.25) is 5.91 Å². The van der Waals surface area contributed by atoms with Crippen molar-refractivity contribution in [1.29, 1.82) is 0 Å². The van der Waals surface area contributed by atoms with Crippen molar-refractivity contribution < 1.29 is 14.4 Å². The Labute approximate surface area is 188 Å². The fourth-order valence-corrected chi connectivity index (χ4v) is 3.85. The van der Waals surface area contributed by atoms with E-state index in [9.17, 15) is 14.4 Å². The lowest BCUT2D eigenvalue weighted by Gasteiger charge is -2.32. The van der Waals surface area contributed by atoms with E-state index in [0.29, 0.717) is 41.5 Å². The third-order valence-electron chi connectivity index (χ3n) is 5.42. The molecule has 1 fully saturated rings. The molecule has 164 valence electrons. The van der Waals surface area contributed by atoms with Crippen LogP contribution in [0.4, 0.5) is 5.69 Å². The number of amides is 3. The summed E-state index contributed by atoms with van der Waals surface area (Å²) in [5.41, 5.74) is 1.50. The van der Waals surface area contributed by atoms with Crippen molar-refractivity contribution >= 4 is 35.0 Å². The first-order valence-electron chi connectivity index (χ1n) is 10.7. The van der Waals surface area contributed by atoms with Crippen LogP contribution in [0.5, 0.6) is 0 Å². The Morgan fingerprint density at radius 3 is 2.55 bits per heavy atom. The lowest BCUT2D eigenvalue weighted by Crippen LogP contribution is -2.45. The molecule has 2 aromatic rings. The van der Waals surface area contributed by atoms with E-state index in [0.717, 1.165) is 25.7 Å². The zero-order chi connectivity index (χ0) is 22.2. The number of halogens is 1. The van der Waals surface area contributed by atoms with Gasteiger partial charge in [-0.25, -0.2) is 0 Å². The number of likely N-dealkylation sites (tertiary alicyclic amines) is 1. The average Bonchev–Trinajstić information content (AvgIpc) is 2.79. The lowest BCUT2D eigenvalue weighted by atomic mass is 9.96. The zero-order valence-electron chi connectivity index (χ0n) is 17.7. The molecule has 0 spiro atoms. The number of hydrogen-bond donors (Lipinski definition) is 2. The SMILES string of the molecule is CCCCNC(=O)[C@H]1CCCN(C(=O)c2ccc(NC(=O)c3ccccc3Cl)cc2)C1. The maximum atomic E-state index is 12.9. The van der Waals surface area contributed by atoms with Gasteiger partial charge in [0, 0.05) is 30.9 Å². The molecule has 0 radical (unpaired) electrons. The highest BCUT2D eigenvalue weighted by atomic mass is 35.5. The molecule has 0 unspecified atom stereocenters. The Morgan fingerprint density at radius 1 is 1.10 bits per heavy atom. The second-order valence-corrected chi connectivity index (χ2v) is 8.15. The smallest absolute Gasteiger partial charge is 0.257 e. The van der Waals surface area contributed by atoms with Crippen LogP contribution in [0.2, 0.25) is 5.02 Å². The number of rotatable bonds is 7. The molecule has 6 nitrogen and oxygen atoms in total. The van der Waals surface area contributed by atoms with E-state index in [1.807, 2.05) is 0 Å². The molecule has 31 heavy (non-hydrogen) atoms. The van der Waals surface area contributed by atoms with E-state index in [1.165, 1.54) is 0 Å². The predicted octanol–water partition coefficient (Wildman–Crippen LogP) is 4.36. The van der Waals surface area contributed by atoms with Crippen molar-refractivity contribution in [3.8, 4) is 0 Å². The van der Waals surface area contributed by atoms with Crippen molar-refractivity contribution in [2.45, 2.75) is 32.6 Å². The first-order chi connectivity index (χ1) is 15.0. The fourth-order valence-electron chi connectivity index (χ4n) is 3.63. The Balaban J connectivity index is 1.59. The van der Waals surface area contributed by atoms with Crippen molar-refractivity contribution in [3.63, 3.8) is 0 Å². The molecule has 1 atom stereocenters. The quantitative estimate of drug-likeness (QED) is 0.626. The van der Waals surface area contributed by atoms with Gasteiger partial charge in [0.05, 0.1) is 16.5 Å². The van der Waals surface area contributed by atoms with E-state index >= 15 is 0 Å². The molecule has 0 aromatic heterocycles. The summed E-state index contributed by atoms with van der Waals surface area (Å²) < 4.78 is 0. The molecule has 0 bridgehead atoms. The molecule has 0 aliphatic carbocycles. The number of carbonyl (C=O) groups excluding carboxylic acids is 3. The van der Waals surface area contributed by atoms with Gasteiger partial charge < -0.3 is 15.5 Å². The first kappa shape index (κ1) is 22.8. The van der Waals surface area contributed by atoms with Crippen LogP contribution < -0.4 is 10.6 Å². The van der Waals surface area contributed by atoms with Gasteiger partial charge >= 0.3 is 0 Å². The lowest BCUT2D eigenvalue weighted by molar-refractivity contribution is -0.126. The van der Waals surface area contributed by atoms with E-state index in [-0.39, 0.29) is 23.6 Å². The fraction of sp³-hybridized carbons (Fsp3) is 0.375. The molecule has 0 saturated carbocycles. The van der Waals surface area contributed by atoms with Crippen molar-refractivity contribution in [2.24, 2.45) is 5.92 Å². The summed E-state index contributed by atoms with van der Waals surface area (Å²) in [6.07, 6.45) is 3.60. The van der Waals surface area contributed by atoms with Crippen LogP contribution >= 0.6 is 11.6 Å². The molecule has 1 aliphatic heterocycles. The van der Waals surface area contributed by atoms with Crippen LogP contribution in [0.1, 0.15) is 53.3 Å². The molecule has 3 amide bonds. The van der Waals surface area contributed by atoms with Crippen molar-refractivity contribution in [3.05, 3.63) is 64.7 Å². The molecular formula is C24H28ClN3O3. The highest BCUT2D eigenvalue weighted by Gasteiger charge is 2.28. The monoisotopic (exact) mass is 441 g/mol. The Hall–Kier alpha value is -2.86. The van der Waals surface area contributed by atoms with Gasteiger partial charge in [-0.3, -0.25) is 14.4 Å². The third kappa shape index (κ3) is 6.07. The van der Waals surface area contributed by atoms with Crippen LogP contribution in [0, 0.1) is 5.92 Å². The Morgan fingerprint density at radius 2 is 1.84 bits per heavy atom. The molecular weight excluding hydrogens is 414 g/mol. The molecule has 1 aliphatic rings. The summed E-state index contributed by atoms with van der Waals surface area (Å²) in [6, 6.07) is 13.6. The molecule has 7 heteroatoms. The average molecular weight is 442 g/mol. The van der Waals surface area contributed by atoms with Crippen LogP contribution in [-0.2, 0) is 4.79 Å². The first-order valence-corrected chi connectivity index (χ1v) is 11.1. The Bertz CT molecular complexity index is 930. The van der Waals surface area contributed by atoms with Gasteiger partial charge in [-0.05, 0) is 55.7 Å². The number of carbonyl (C=O) groups is 3. The number of benzene rings is 2. The number of nitrogens with one attached hydrogen (secondary N) is 2. The van der Waals surface area contributed by atoms with Gasteiger partial charge in [0.15, 0.2) is 0 Å².